The summed E-state index contributed by atoms with van der Waals surface area (Å²) in [6, 6.07) is 8.47. The summed E-state index contributed by atoms with van der Waals surface area (Å²) in [5, 5.41) is 6.78. The van der Waals surface area contributed by atoms with Crippen molar-refractivity contribution in [3.05, 3.63) is 53.6 Å². The van der Waals surface area contributed by atoms with Gasteiger partial charge in [0.25, 0.3) is 0 Å². The topological polar surface area (TPSA) is 68.2 Å². The molecular formula is C22H30N4O2. The van der Waals surface area contributed by atoms with Gasteiger partial charge in [0.05, 0.1) is 12.1 Å². The fraction of sp³-hybridized carbons (Fsp3) is 0.545. The molecule has 4 rings (SSSR count). The van der Waals surface area contributed by atoms with E-state index in [1.54, 1.807) is 6.20 Å². The molecular weight excluding hydrogens is 352 g/mol. The fourth-order valence-electron chi connectivity index (χ4n) is 4.98. The van der Waals surface area contributed by atoms with Crippen LogP contribution in [0.1, 0.15) is 49.2 Å². The van der Waals surface area contributed by atoms with Crippen LogP contribution < -0.4 is 10.6 Å². The molecule has 6 heteroatoms. The number of amides is 1. The molecule has 28 heavy (non-hydrogen) atoms. The van der Waals surface area contributed by atoms with E-state index < -0.39 is 0 Å². The third-order valence-electron chi connectivity index (χ3n) is 6.34. The molecule has 2 N–H and O–H groups in total. The predicted molar refractivity (Wildman–Crippen MR) is 108 cm³/mol. The van der Waals surface area contributed by atoms with E-state index in [2.05, 4.69) is 39.9 Å². The van der Waals surface area contributed by atoms with Gasteiger partial charge in [0.15, 0.2) is 0 Å². The number of benzene rings is 1. The van der Waals surface area contributed by atoms with Crippen molar-refractivity contribution in [2.24, 2.45) is 0 Å². The van der Waals surface area contributed by atoms with Gasteiger partial charge in [0.2, 0.25) is 5.91 Å². The lowest BCUT2D eigenvalue weighted by molar-refractivity contribution is -0.124. The third-order valence-corrected chi connectivity index (χ3v) is 6.34. The van der Waals surface area contributed by atoms with Crippen molar-refractivity contribution in [3.8, 4) is 0 Å². The molecule has 1 fully saturated rings. The molecule has 150 valence electrons. The Morgan fingerprint density at radius 2 is 2.14 bits per heavy atom. The van der Waals surface area contributed by atoms with Crippen molar-refractivity contribution in [1.82, 2.24) is 20.2 Å². The molecule has 1 amide bonds. The smallest absolute Gasteiger partial charge is 0.222 e. The molecule has 1 spiro atoms. The van der Waals surface area contributed by atoms with Gasteiger partial charge in [0, 0.05) is 37.4 Å². The zero-order valence-corrected chi connectivity index (χ0v) is 16.8. The second-order valence-electron chi connectivity index (χ2n) is 7.83. The van der Waals surface area contributed by atoms with Gasteiger partial charge in [-0.05, 0) is 50.9 Å². The van der Waals surface area contributed by atoms with Crippen molar-refractivity contribution >= 4 is 5.91 Å². The fourth-order valence-corrected chi connectivity index (χ4v) is 4.98. The van der Waals surface area contributed by atoms with E-state index in [4.69, 9.17) is 4.74 Å². The Bertz CT molecular complexity index is 825. The minimum absolute atomic E-state index is 0.0171. The van der Waals surface area contributed by atoms with Crippen LogP contribution in [0.3, 0.4) is 0 Å². The summed E-state index contributed by atoms with van der Waals surface area (Å²) in [6.45, 7) is 7.25. The normalized spacial score (nSPS) is 22.9. The Morgan fingerprint density at radius 1 is 1.36 bits per heavy atom. The molecule has 0 saturated carbocycles. The average molecular weight is 383 g/mol. The lowest BCUT2D eigenvalue weighted by Gasteiger charge is -2.41. The monoisotopic (exact) mass is 382 g/mol. The van der Waals surface area contributed by atoms with Gasteiger partial charge in [-0.25, -0.2) is 4.98 Å². The minimum Gasteiger partial charge on any atom is -0.375 e. The summed E-state index contributed by atoms with van der Waals surface area (Å²) in [6.07, 6.45) is 6.18. The first-order valence-electron chi connectivity index (χ1n) is 10.3. The van der Waals surface area contributed by atoms with E-state index >= 15 is 0 Å². The van der Waals surface area contributed by atoms with E-state index in [-0.39, 0.29) is 23.5 Å². The van der Waals surface area contributed by atoms with Crippen LogP contribution in [-0.4, -0.2) is 41.3 Å². The van der Waals surface area contributed by atoms with Crippen LogP contribution in [0.2, 0.25) is 0 Å². The molecule has 2 atom stereocenters. The Labute approximate surface area is 166 Å². The summed E-state index contributed by atoms with van der Waals surface area (Å²) >= 11 is 0. The zero-order valence-electron chi connectivity index (χ0n) is 16.8. The summed E-state index contributed by atoms with van der Waals surface area (Å²) in [5.41, 5.74) is 2.55. The molecule has 1 aliphatic heterocycles. The van der Waals surface area contributed by atoms with Crippen LogP contribution in [0.15, 0.2) is 36.7 Å². The number of nitrogens with zero attached hydrogens (tertiary/aromatic N) is 2. The third kappa shape index (κ3) is 3.35. The van der Waals surface area contributed by atoms with Gasteiger partial charge >= 0.3 is 0 Å². The van der Waals surface area contributed by atoms with Gasteiger partial charge in [-0.2, -0.15) is 0 Å². The van der Waals surface area contributed by atoms with E-state index in [0.717, 1.165) is 31.8 Å². The highest BCUT2D eigenvalue weighted by Crippen LogP contribution is 2.51. The van der Waals surface area contributed by atoms with Crippen LogP contribution in [0.4, 0.5) is 0 Å². The lowest BCUT2D eigenvalue weighted by Crippen LogP contribution is -2.49. The van der Waals surface area contributed by atoms with E-state index in [9.17, 15) is 4.79 Å². The number of nitrogens with one attached hydrogen (secondary N) is 2. The van der Waals surface area contributed by atoms with Crippen molar-refractivity contribution < 1.29 is 9.53 Å². The first-order valence-corrected chi connectivity index (χ1v) is 10.3. The standard InChI is InChI=1S/C22H30N4O2/c1-3-28-21-20(25-19(27)8-14-26-15-13-24-16(26)2)17-6-4-5-7-18(17)22(21)9-11-23-12-10-22/h4-7,13,15,20-21,23H,3,8-12,14H2,1-2H3,(H,25,27)/t20-,21+/m1/s1. The van der Waals surface area contributed by atoms with E-state index in [1.165, 1.54) is 11.1 Å². The van der Waals surface area contributed by atoms with E-state index in [0.29, 0.717) is 19.6 Å². The Morgan fingerprint density at radius 3 is 2.86 bits per heavy atom. The number of piperidine rings is 1. The van der Waals surface area contributed by atoms with Crippen LogP contribution in [0.25, 0.3) is 0 Å². The molecule has 2 aliphatic rings. The SMILES string of the molecule is CCO[C@H]1[C@H](NC(=O)CCn2ccnc2C)c2ccccc2C12CCNCC2. The molecule has 2 aromatic rings. The maximum absolute atomic E-state index is 12.8. The van der Waals surface area contributed by atoms with E-state index in [1.807, 2.05) is 24.6 Å². The van der Waals surface area contributed by atoms with Crippen LogP contribution >= 0.6 is 0 Å². The first kappa shape index (κ1) is 19.2. The number of aryl methyl sites for hydroxylation is 2. The summed E-state index contributed by atoms with van der Waals surface area (Å²) in [5.74, 6) is 0.989. The van der Waals surface area contributed by atoms with Crippen LogP contribution in [0.5, 0.6) is 0 Å². The Kier molecular flexibility index (Phi) is 5.51. The highest BCUT2D eigenvalue weighted by atomic mass is 16.5. The first-order chi connectivity index (χ1) is 13.7. The van der Waals surface area contributed by atoms with Gasteiger partial charge in [0.1, 0.15) is 5.82 Å². The van der Waals surface area contributed by atoms with Crippen molar-refractivity contribution in [2.75, 3.05) is 19.7 Å². The predicted octanol–water partition coefficient (Wildman–Crippen LogP) is 2.48. The average Bonchev–Trinajstić information content (AvgIpc) is 3.23. The maximum atomic E-state index is 12.8. The molecule has 1 aliphatic carbocycles. The molecule has 0 unspecified atom stereocenters. The summed E-state index contributed by atoms with van der Waals surface area (Å²) in [7, 11) is 0. The molecule has 2 heterocycles. The minimum atomic E-state index is -0.0920. The van der Waals surface area contributed by atoms with Crippen LogP contribution in [0, 0.1) is 6.92 Å². The van der Waals surface area contributed by atoms with Gasteiger partial charge in [-0.1, -0.05) is 24.3 Å². The summed E-state index contributed by atoms with van der Waals surface area (Å²) in [4.78, 5) is 17.0. The number of imidazole rings is 1. The number of fused-ring (bicyclic) bond motifs is 2. The second-order valence-corrected chi connectivity index (χ2v) is 7.83. The lowest BCUT2D eigenvalue weighted by atomic mass is 9.72. The van der Waals surface area contributed by atoms with Gasteiger partial charge in [-0.15, -0.1) is 0 Å². The number of rotatable bonds is 6. The quantitative estimate of drug-likeness (QED) is 0.805. The number of carbonyl (C=O) groups excluding carboxylic acids is 1. The van der Waals surface area contributed by atoms with Crippen LogP contribution in [-0.2, 0) is 21.5 Å². The Balaban J connectivity index is 1.56. The highest BCUT2D eigenvalue weighted by Gasteiger charge is 2.53. The summed E-state index contributed by atoms with van der Waals surface area (Å²) < 4.78 is 8.31. The van der Waals surface area contributed by atoms with Crippen molar-refractivity contribution in [1.29, 1.82) is 0 Å². The highest BCUT2D eigenvalue weighted by molar-refractivity contribution is 5.77. The van der Waals surface area contributed by atoms with Crippen molar-refractivity contribution in [2.45, 2.75) is 57.2 Å². The number of aromatic nitrogens is 2. The molecule has 1 saturated heterocycles. The molecule has 0 radical (unpaired) electrons. The Hall–Kier alpha value is -2.18. The molecule has 1 aromatic heterocycles. The molecule has 0 bridgehead atoms. The maximum Gasteiger partial charge on any atom is 0.222 e. The van der Waals surface area contributed by atoms with Gasteiger partial charge in [-0.3, -0.25) is 4.79 Å². The number of hydrogen-bond donors (Lipinski definition) is 2. The number of carbonyl (C=O) groups is 1. The molecule has 6 nitrogen and oxygen atoms in total. The van der Waals surface area contributed by atoms with Gasteiger partial charge < -0.3 is 19.9 Å². The second kappa shape index (κ2) is 8.05. The molecule has 1 aromatic carbocycles. The largest absolute Gasteiger partial charge is 0.375 e. The number of hydrogen-bond acceptors (Lipinski definition) is 4. The van der Waals surface area contributed by atoms with Crippen molar-refractivity contribution in [3.63, 3.8) is 0 Å². The number of ether oxygens (including phenoxy) is 1. The zero-order chi connectivity index (χ0) is 19.6.